The van der Waals surface area contributed by atoms with E-state index in [0.717, 1.165) is 11.6 Å². The van der Waals surface area contributed by atoms with Crippen LogP contribution in [-0.4, -0.2) is 16.1 Å². The Kier molecular flexibility index (Phi) is 6.81. The van der Waals surface area contributed by atoms with Crippen molar-refractivity contribution < 1.29 is 49.8 Å². The van der Waals surface area contributed by atoms with Crippen LogP contribution in [0.15, 0.2) is 60.8 Å². The number of aliphatic carboxylic acids is 1. The van der Waals surface area contributed by atoms with Gasteiger partial charge in [0.25, 0.3) is 0 Å². The van der Waals surface area contributed by atoms with E-state index in [1.54, 1.807) is 30.5 Å². The molecule has 0 saturated heterocycles. The zero-order valence-electron chi connectivity index (χ0n) is 18.6. The highest BCUT2D eigenvalue weighted by Crippen LogP contribution is 2.48. The maximum absolute atomic E-state index is 14.0. The first kappa shape index (κ1) is 27.2. The number of aromatic amines is 1. The van der Waals surface area contributed by atoms with Gasteiger partial charge in [-0.25, -0.2) is 4.79 Å². The number of H-pyrrole nitrogens is 1. The molecule has 4 rings (SSSR count). The van der Waals surface area contributed by atoms with E-state index in [9.17, 15) is 39.9 Å². The molecule has 3 aromatic carbocycles. The van der Waals surface area contributed by atoms with Gasteiger partial charge in [0.05, 0.1) is 11.1 Å². The van der Waals surface area contributed by atoms with Gasteiger partial charge in [-0.15, -0.1) is 0 Å². The molecule has 0 radical (unpaired) electrons. The molecular weight excluding hydrogens is 550 g/mol. The maximum atomic E-state index is 14.0. The predicted molar refractivity (Wildman–Crippen MR) is 121 cm³/mol. The molecule has 0 amide bonds. The lowest BCUT2D eigenvalue weighted by Gasteiger charge is -2.22. The van der Waals surface area contributed by atoms with E-state index < -0.39 is 52.4 Å². The summed E-state index contributed by atoms with van der Waals surface area (Å²) in [6.45, 7) is 0. The number of nitrogens with one attached hydrogen (secondary N) is 1. The van der Waals surface area contributed by atoms with Gasteiger partial charge in [0.2, 0.25) is 0 Å². The molecule has 0 spiro atoms. The fraction of sp³-hybridized carbons (Fsp3) is 0.160. The summed E-state index contributed by atoms with van der Waals surface area (Å²) in [5.41, 5.74) is -4.46. The van der Waals surface area contributed by atoms with Crippen LogP contribution in [0.2, 0.25) is 5.02 Å². The van der Waals surface area contributed by atoms with Gasteiger partial charge in [-0.05, 0) is 60.0 Å². The molecule has 0 bridgehead atoms. The van der Waals surface area contributed by atoms with Gasteiger partial charge in [-0.2, -0.15) is 35.1 Å². The topological polar surface area (TPSA) is 62.3 Å². The maximum Gasteiger partial charge on any atom is 0.420 e. The number of carboxylic acid groups (broad SMARTS) is 1. The molecule has 1 heterocycles. The monoisotopic (exact) mass is 563 g/mol. The fourth-order valence-corrected chi connectivity index (χ4v) is 3.90. The van der Waals surface area contributed by atoms with Crippen LogP contribution in [0.5, 0.6) is 11.5 Å². The number of aromatic nitrogens is 1. The molecule has 4 nitrogen and oxygen atoms in total. The number of hydrogen-bond acceptors (Lipinski definition) is 2. The second-order valence-electron chi connectivity index (χ2n) is 8.20. The van der Waals surface area contributed by atoms with Gasteiger partial charge in [-0.1, -0.05) is 23.7 Å². The molecular formula is C25H14ClF8NO3. The minimum atomic E-state index is -5.60. The summed E-state index contributed by atoms with van der Waals surface area (Å²) in [5.74, 6) is -10.2. The van der Waals surface area contributed by atoms with E-state index in [1.165, 1.54) is 12.1 Å². The average Bonchev–Trinajstić information content (AvgIpc) is 3.21. The average molecular weight is 564 g/mol. The number of halogens is 9. The quantitative estimate of drug-likeness (QED) is 0.232. The third kappa shape index (κ3) is 5.40. The SMILES string of the molecule is O=C(O)C(F)(F)c1cc(C(F)(F)F)c(Oc2ccc3[nH]cc(Cc4ccc(Cl)cc4)c3c2)c(C(F)(F)F)c1. The minimum absolute atomic E-state index is 0.335. The van der Waals surface area contributed by atoms with Gasteiger partial charge in [-0.3, -0.25) is 0 Å². The van der Waals surface area contributed by atoms with Crippen LogP contribution in [0.3, 0.4) is 0 Å². The van der Waals surface area contributed by atoms with Crippen molar-refractivity contribution in [1.82, 2.24) is 4.98 Å². The normalized spacial score (nSPS) is 12.7. The summed E-state index contributed by atoms with van der Waals surface area (Å²) in [6.07, 6.45) is -9.26. The summed E-state index contributed by atoms with van der Waals surface area (Å²) in [7, 11) is 0. The molecule has 0 atom stereocenters. The lowest BCUT2D eigenvalue weighted by molar-refractivity contribution is -0.167. The molecule has 1 aromatic heterocycles. The van der Waals surface area contributed by atoms with Crippen LogP contribution < -0.4 is 4.74 Å². The Labute approximate surface area is 213 Å². The second kappa shape index (κ2) is 9.50. The Morgan fingerprint density at radius 3 is 1.97 bits per heavy atom. The molecule has 0 fully saturated rings. The molecule has 38 heavy (non-hydrogen) atoms. The zero-order chi connectivity index (χ0) is 28.0. The van der Waals surface area contributed by atoms with Crippen molar-refractivity contribution in [2.75, 3.05) is 0 Å². The molecule has 4 aromatic rings. The number of alkyl halides is 8. The Balaban J connectivity index is 1.84. The van der Waals surface area contributed by atoms with Gasteiger partial charge >= 0.3 is 24.2 Å². The standard InChI is InChI=1S/C25H14ClF8NO3/c26-15-3-1-12(2-4-15)7-13-11-35-20-6-5-16(10-17(13)20)38-21-18(24(29,30)31)8-14(23(27,28)22(36)37)9-19(21)25(32,33)34/h1-6,8-11,35H,7H2,(H,36,37). The third-order valence-corrected chi connectivity index (χ3v) is 5.85. The van der Waals surface area contributed by atoms with Crippen molar-refractivity contribution in [3.05, 3.63) is 93.6 Å². The van der Waals surface area contributed by atoms with Crippen molar-refractivity contribution in [1.29, 1.82) is 0 Å². The van der Waals surface area contributed by atoms with Crippen molar-refractivity contribution in [2.45, 2.75) is 24.7 Å². The minimum Gasteiger partial charge on any atom is -0.477 e. The molecule has 13 heteroatoms. The van der Waals surface area contributed by atoms with E-state index in [2.05, 4.69) is 4.98 Å². The van der Waals surface area contributed by atoms with Gasteiger partial charge in [0.15, 0.2) is 5.75 Å². The number of fused-ring (bicyclic) bond motifs is 1. The smallest absolute Gasteiger partial charge is 0.420 e. The molecule has 0 saturated carbocycles. The number of rotatable bonds is 6. The van der Waals surface area contributed by atoms with Crippen molar-refractivity contribution >= 4 is 28.5 Å². The highest BCUT2D eigenvalue weighted by molar-refractivity contribution is 6.30. The number of hydrogen-bond donors (Lipinski definition) is 2. The van der Waals surface area contributed by atoms with Gasteiger partial charge in [0, 0.05) is 27.7 Å². The van der Waals surface area contributed by atoms with Crippen LogP contribution in [0.1, 0.15) is 27.8 Å². The summed E-state index contributed by atoms with van der Waals surface area (Å²) in [4.78, 5) is 13.8. The second-order valence-corrected chi connectivity index (χ2v) is 8.64. The fourth-order valence-electron chi connectivity index (χ4n) is 3.77. The van der Waals surface area contributed by atoms with Crippen molar-refractivity contribution in [2.24, 2.45) is 0 Å². The summed E-state index contributed by atoms with van der Waals surface area (Å²) in [6, 6.07) is 9.72. The molecule has 0 unspecified atom stereocenters. The molecule has 0 aliphatic carbocycles. The Bertz CT molecular complexity index is 1470. The first-order chi connectivity index (χ1) is 17.6. The molecule has 0 aliphatic rings. The van der Waals surface area contributed by atoms with Crippen LogP contribution in [0.4, 0.5) is 35.1 Å². The molecule has 200 valence electrons. The van der Waals surface area contributed by atoms with E-state index in [0.29, 0.717) is 27.9 Å². The van der Waals surface area contributed by atoms with Crippen LogP contribution in [0.25, 0.3) is 10.9 Å². The Hall–Kier alpha value is -3.80. The summed E-state index contributed by atoms with van der Waals surface area (Å²) in [5, 5.41) is 9.58. The zero-order valence-corrected chi connectivity index (χ0v) is 19.4. The lowest BCUT2D eigenvalue weighted by atomic mass is 9.98. The largest absolute Gasteiger partial charge is 0.477 e. The Morgan fingerprint density at radius 1 is 0.868 bits per heavy atom. The van der Waals surface area contributed by atoms with Gasteiger partial charge in [0.1, 0.15) is 5.75 Å². The first-order valence-electron chi connectivity index (χ1n) is 10.5. The van der Waals surface area contributed by atoms with Crippen LogP contribution in [-0.2, 0) is 29.5 Å². The van der Waals surface area contributed by atoms with Gasteiger partial charge < -0.3 is 14.8 Å². The van der Waals surface area contributed by atoms with Crippen LogP contribution in [0, 0.1) is 0 Å². The number of carboxylic acids is 1. The van der Waals surface area contributed by atoms with E-state index in [1.807, 2.05) is 0 Å². The Morgan fingerprint density at radius 2 is 1.45 bits per heavy atom. The summed E-state index contributed by atoms with van der Waals surface area (Å²) < 4.78 is 116. The molecule has 0 aliphatic heterocycles. The number of ether oxygens (including phenoxy) is 1. The van der Waals surface area contributed by atoms with Crippen molar-refractivity contribution in [3.8, 4) is 11.5 Å². The van der Waals surface area contributed by atoms with E-state index in [4.69, 9.17) is 21.4 Å². The number of carbonyl (C=O) groups is 1. The van der Waals surface area contributed by atoms with Crippen LogP contribution >= 0.6 is 11.6 Å². The van der Waals surface area contributed by atoms with E-state index in [-0.39, 0.29) is 12.1 Å². The predicted octanol–water partition coefficient (Wildman–Crippen LogP) is 8.42. The number of benzene rings is 3. The highest BCUT2D eigenvalue weighted by atomic mass is 35.5. The third-order valence-electron chi connectivity index (χ3n) is 5.60. The van der Waals surface area contributed by atoms with Crippen molar-refractivity contribution in [3.63, 3.8) is 0 Å². The summed E-state index contributed by atoms with van der Waals surface area (Å²) >= 11 is 5.87. The highest BCUT2D eigenvalue weighted by Gasteiger charge is 2.48. The lowest BCUT2D eigenvalue weighted by Crippen LogP contribution is -2.27. The molecule has 2 N–H and O–H groups in total. The first-order valence-corrected chi connectivity index (χ1v) is 10.9. The van der Waals surface area contributed by atoms with E-state index >= 15 is 0 Å².